The minimum Gasteiger partial charge on any atom is -0.375 e. The van der Waals surface area contributed by atoms with Crippen molar-refractivity contribution in [3.05, 3.63) is 35.9 Å². The van der Waals surface area contributed by atoms with Gasteiger partial charge in [0.25, 0.3) is 5.91 Å². The van der Waals surface area contributed by atoms with Crippen molar-refractivity contribution >= 4 is 5.91 Å². The first kappa shape index (κ1) is 20.9. The van der Waals surface area contributed by atoms with E-state index in [1.807, 2.05) is 30.3 Å². The van der Waals surface area contributed by atoms with Gasteiger partial charge in [0, 0.05) is 43.9 Å². The summed E-state index contributed by atoms with van der Waals surface area (Å²) >= 11 is 0. The molecule has 4 nitrogen and oxygen atoms in total. The minimum atomic E-state index is -1.40. The van der Waals surface area contributed by atoms with Crippen LogP contribution in [-0.2, 0) is 10.4 Å². The third-order valence-corrected chi connectivity index (χ3v) is 6.12. The molecular formula is C24H34N2O2. The summed E-state index contributed by atoms with van der Waals surface area (Å²) in [6.07, 6.45) is 5.68. The topological polar surface area (TPSA) is 52.6 Å². The van der Waals surface area contributed by atoms with Gasteiger partial charge in [0.05, 0.1) is 0 Å². The van der Waals surface area contributed by atoms with E-state index in [4.69, 9.17) is 0 Å². The third kappa shape index (κ3) is 4.96. The highest BCUT2D eigenvalue weighted by molar-refractivity contribution is 5.87. The molecule has 1 saturated heterocycles. The number of aliphatic hydroxyl groups is 1. The fourth-order valence-electron chi connectivity index (χ4n) is 4.16. The first-order chi connectivity index (χ1) is 13.5. The van der Waals surface area contributed by atoms with Gasteiger partial charge in [-0.05, 0) is 31.2 Å². The summed E-state index contributed by atoms with van der Waals surface area (Å²) in [5, 5.41) is 14.6. The maximum atomic E-state index is 13.1. The number of amides is 1. The van der Waals surface area contributed by atoms with Gasteiger partial charge in [-0.2, -0.15) is 0 Å². The Kier molecular flexibility index (Phi) is 7.15. The molecule has 3 rings (SSSR count). The molecule has 2 aliphatic rings. The number of nitrogens with one attached hydrogen (secondary N) is 1. The summed E-state index contributed by atoms with van der Waals surface area (Å²) in [4.78, 5) is 15.6. The monoisotopic (exact) mass is 382 g/mol. The van der Waals surface area contributed by atoms with Crippen molar-refractivity contribution in [2.24, 2.45) is 11.8 Å². The molecule has 1 atom stereocenters. The number of carbonyl (C=O) groups is 1. The molecule has 1 aromatic carbocycles. The second kappa shape index (κ2) is 9.58. The highest BCUT2D eigenvalue weighted by Gasteiger charge is 2.48. The average molecular weight is 383 g/mol. The third-order valence-electron chi connectivity index (χ3n) is 6.12. The number of nitrogens with zero attached hydrogens (tertiary/aromatic N) is 1. The van der Waals surface area contributed by atoms with Crippen molar-refractivity contribution in [1.29, 1.82) is 0 Å². The molecule has 1 unspecified atom stereocenters. The van der Waals surface area contributed by atoms with Crippen LogP contribution in [0.15, 0.2) is 30.3 Å². The standard InChI is InChI=1S/C24H34N2O2/c1-19(2)9-6-7-16-26-17-14-22(15-18-26)25-23(27)24(28,21-12-8-13-21)20-10-4-3-5-11-20/h3-5,10-11,19,21-22,28H,7-8,12-18H2,1-2H3,(H,25,27). The van der Waals surface area contributed by atoms with Crippen molar-refractivity contribution in [3.8, 4) is 11.8 Å². The van der Waals surface area contributed by atoms with Crippen LogP contribution in [0, 0.1) is 23.7 Å². The largest absolute Gasteiger partial charge is 0.375 e. The fourth-order valence-corrected chi connectivity index (χ4v) is 4.16. The summed E-state index contributed by atoms with van der Waals surface area (Å²) in [5.41, 5.74) is -0.679. The molecular weight excluding hydrogens is 348 g/mol. The second-order valence-electron chi connectivity index (χ2n) is 8.58. The first-order valence-electron chi connectivity index (χ1n) is 10.8. The Bertz CT molecular complexity index is 694. The summed E-state index contributed by atoms with van der Waals surface area (Å²) in [5.74, 6) is 6.69. The fraction of sp³-hybridized carbons (Fsp3) is 0.625. The van der Waals surface area contributed by atoms with E-state index < -0.39 is 5.60 Å². The van der Waals surface area contributed by atoms with Crippen molar-refractivity contribution in [2.45, 2.75) is 64.0 Å². The van der Waals surface area contributed by atoms with Gasteiger partial charge in [-0.25, -0.2) is 0 Å². The molecule has 1 aliphatic carbocycles. The maximum Gasteiger partial charge on any atom is 0.257 e. The normalized spacial score (nSPS) is 20.7. The molecule has 1 saturated carbocycles. The van der Waals surface area contributed by atoms with Crippen LogP contribution in [0.4, 0.5) is 0 Å². The highest BCUT2D eigenvalue weighted by Crippen LogP contribution is 2.42. The lowest BCUT2D eigenvalue weighted by molar-refractivity contribution is -0.153. The Morgan fingerprint density at radius 3 is 2.46 bits per heavy atom. The van der Waals surface area contributed by atoms with E-state index in [1.54, 1.807) is 0 Å². The van der Waals surface area contributed by atoms with Crippen LogP contribution in [0.2, 0.25) is 0 Å². The summed E-state index contributed by atoms with van der Waals surface area (Å²) < 4.78 is 0. The molecule has 2 N–H and O–H groups in total. The van der Waals surface area contributed by atoms with E-state index in [9.17, 15) is 9.90 Å². The van der Waals surface area contributed by atoms with E-state index in [0.717, 1.165) is 63.7 Å². The maximum absolute atomic E-state index is 13.1. The van der Waals surface area contributed by atoms with Gasteiger partial charge in [0.15, 0.2) is 5.60 Å². The molecule has 1 aromatic rings. The average Bonchev–Trinajstić information content (AvgIpc) is 2.65. The van der Waals surface area contributed by atoms with Crippen molar-refractivity contribution in [2.75, 3.05) is 19.6 Å². The lowest BCUT2D eigenvalue weighted by Crippen LogP contribution is -2.55. The number of carbonyl (C=O) groups excluding carboxylic acids is 1. The first-order valence-corrected chi connectivity index (χ1v) is 10.8. The van der Waals surface area contributed by atoms with Crippen molar-refractivity contribution in [1.82, 2.24) is 10.2 Å². The molecule has 152 valence electrons. The Hall–Kier alpha value is -1.83. The number of hydrogen-bond donors (Lipinski definition) is 2. The predicted molar refractivity (Wildman–Crippen MR) is 113 cm³/mol. The van der Waals surface area contributed by atoms with Gasteiger partial charge in [0.2, 0.25) is 0 Å². The van der Waals surface area contributed by atoms with Gasteiger partial charge in [-0.3, -0.25) is 4.79 Å². The van der Waals surface area contributed by atoms with E-state index in [2.05, 4.69) is 35.9 Å². The lowest BCUT2D eigenvalue weighted by atomic mass is 9.69. The van der Waals surface area contributed by atoms with Crippen molar-refractivity contribution < 1.29 is 9.90 Å². The van der Waals surface area contributed by atoms with Crippen LogP contribution < -0.4 is 5.32 Å². The Balaban J connectivity index is 1.54. The number of hydrogen-bond acceptors (Lipinski definition) is 3. The quantitative estimate of drug-likeness (QED) is 0.742. The van der Waals surface area contributed by atoms with Crippen LogP contribution in [0.25, 0.3) is 0 Å². The number of likely N-dealkylation sites (tertiary alicyclic amines) is 1. The summed E-state index contributed by atoms with van der Waals surface area (Å²) in [7, 11) is 0. The van der Waals surface area contributed by atoms with Gasteiger partial charge < -0.3 is 15.3 Å². The van der Waals surface area contributed by atoms with Crippen LogP contribution in [0.5, 0.6) is 0 Å². The molecule has 0 aromatic heterocycles. The van der Waals surface area contributed by atoms with E-state index in [0.29, 0.717) is 5.92 Å². The molecule has 0 bridgehead atoms. The van der Waals surface area contributed by atoms with Crippen LogP contribution in [-0.4, -0.2) is 41.6 Å². The van der Waals surface area contributed by atoms with Crippen molar-refractivity contribution in [3.63, 3.8) is 0 Å². The van der Waals surface area contributed by atoms with Crippen LogP contribution >= 0.6 is 0 Å². The van der Waals surface area contributed by atoms with E-state index in [1.165, 1.54) is 0 Å². The Morgan fingerprint density at radius 1 is 1.21 bits per heavy atom. The lowest BCUT2D eigenvalue weighted by Gasteiger charge is -2.42. The molecule has 2 fully saturated rings. The zero-order valence-corrected chi connectivity index (χ0v) is 17.3. The summed E-state index contributed by atoms with van der Waals surface area (Å²) in [6.45, 7) is 7.17. The van der Waals surface area contributed by atoms with E-state index >= 15 is 0 Å². The van der Waals surface area contributed by atoms with E-state index in [-0.39, 0.29) is 17.9 Å². The number of piperidine rings is 1. The zero-order valence-electron chi connectivity index (χ0n) is 17.3. The van der Waals surface area contributed by atoms with Gasteiger partial charge in [0.1, 0.15) is 0 Å². The van der Waals surface area contributed by atoms with Gasteiger partial charge >= 0.3 is 0 Å². The van der Waals surface area contributed by atoms with Gasteiger partial charge in [-0.1, -0.05) is 50.6 Å². The highest BCUT2D eigenvalue weighted by atomic mass is 16.3. The molecule has 0 radical (unpaired) electrons. The smallest absolute Gasteiger partial charge is 0.257 e. The molecule has 0 spiro atoms. The minimum absolute atomic E-state index is 0.0227. The SMILES string of the molecule is CC(C)C#CCCN1CCC(NC(=O)C(O)(c2ccccc2)C2CCC2)CC1. The van der Waals surface area contributed by atoms with Crippen LogP contribution in [0.1, 0.15) is 57.9 Å². The Morgan fingerprint density at radius 2 is 1.89 bits per heavy atom. The molecule has 28 heavy (non-hydrogen) atoms. The Labute approximate surface area is 169 Å². The molecule has 1 aliphatic heterocycles. The number of benzene rings is 1. The molecule has 4 heteroatoms. The number of rotatable bonds is 6. The molecule has 1 heterocycles. The predicted octanol–water partition coefficient (Wildman–Crippen LogP) is 3.30. The zero-order chi connectivity index (χ0) is 20.0. The molecule has 1 amide bonds. The van der Waals surface area contributed by atoms with Crippen LogP contribution in [0.3, 0.4) is 0 Å². The van der Waals surface area contributed by atoms with Gasteiger partial charge in [-0.15, -0.1) is 11.8 Å². The second-order valence-corrected chi connectivity index (χ2v) is 8.58. The summed E-state index contributed by atoms with van der Waals surface area (Å²) in [6, 6.07) is 9.60.